The lowest BCUT2D eigenvalue weighted by Gasteiger charge is -1.99. The number of nitrogens with one attached hydrogen (secondary N) is 1. The minimum atomic E-state index is -0.849. The molecule has 0 bridgehead atoms. The number of carbonyl (C=O) groups excluding carboxylic acids is 2. The number of aromatic nitrogens is 1. The van der Waals surface area contributed by atoms with Crippen LogP contribution in [0.25, 0.3) is 10.9 Å². The van der Waals surface area contributed by atoms with Gasteiger partial charge in [-0.1, -0.05) is 11.6 Å². The summed E-state index contributed by atoms with van der Waals surface area (Å²) in [4.78, 5) is 26.2. The molecule has 0 spiro atoms. The average Bonchev–Trinajstić information content (AvgIpc) is 2.66. The molecule has 0 aliphatic rings. The van der Waals surface area contributed by atoms with Crippen molar-refractivity contribution in [1.82, 2.24) is 4.98 Å². The molecule has 0 radical (unpaired) electrons. The molecule has 18 heavy (non-hydrogen) atoms. The summed E-state index contributed by atoms with van der Waals surface area (Å²) in [5, 5.41) is 1.41. The lowest BCUT2D eigenvalue weighted by atomic mass is 10.1. The van der Waals surface area contributed by atoms with Crippen molar-refractivity contribution in [3.8, 4) is 0 Å². The van der Waals surface area contributed by atoms with Crippen LogP contribution in [-0.2, 0) is 9.53 Å². The summed E-state index contributed by atoms with van der Waals surface area (Å²) in [6, 6.07) is 5.25. The predicted molar refractivity (Wildman–Crippen MR) is 69.0 cm³/mol. The van der Waals surface area contributed by atoms with E-state index in [2.05, 4.69) is 4.98 Å². The molecule has 94 valence electrons. The van der Waals surface area contributed by atoms with E-state index in [-0.39, 0.29) is 12.3 Å². The number of esters is 1. The first-order valence-electron chi connectivity index (χ1n) is 5.54. The molecule has 4 nitrogen and oxygen atoms in total. The Hall–Kier alpha value is -1.81. The molecule has 2 rings (SSSR count). The van der Waals surface area contributed by atoms with Crippen LogP contribution in [0.5, 0.6) is 0 Å². The highest BCUT2D eigenvalue weighted by Gasteiger charge is 2.22. The van der Waals surface area contributed by atoms with Crippen LogP contribution in [0.4, 0.5) is 0 Å². The van der Waals surface area contributed by atoms with Crippen molar-refractivity contribution in [3.63, 3.8) is 0 Å². The van der Waals surface area contributed by atoms with Crippen molar-refractivity contribution < 1.29 is 14.3 Å². The maximum atomic E-state index is 11.9. The molecule has 0 aliphatic carbocycles. The van der Waals surface area contributed by atoms with Crippen LogP contribution < -0.4 is 0 Å². The Morgan fingerprint density at radius 3 is 2.78 bits per heavy atom. The number of benzene rings is 1. The van der Waals surface area contributed by atoms with Gasteiger partial charge in [0.2, 0.25) is 0 Å². The first-order valence-corrected chi connectivity index (χ1v) is 5.91. The van der Waals surface area contributed by atoms with Gasteiger partial charge < -0.3 is 9.72 Å². The highest BCUT2D eigenvalue weighted by atomic mass is 35.5. The quantitative estimate of drug-likeness (QED) is 0.527. The average molecular weight is 266 g/mol. The third kappa shape index (κ3) is 2.11. The molecular weight excluding hydrogens is 254 g/mol. The van der Waals surface area contributed by atoms with Crippen LogP contribution in [0.1, 0.15) is 23.0 Å². The lowest BCUT2D eigenvalue weighted by Crippen LogP contribution is -2.18. The highest BCUT2D eigenvalue weighted by molar-refractivity contribution is 6.41. The summed E-state index contributed by atoms with van der Waals surface area (Å²) in [7, 11) is 0. The standard InChI is InChI=1S/C13H12ClNO3/c1-3-18-13(17)12(16)11-7(2)9-6-8(14)4-5-10(9)15-11/h4-6,15H,3H2,1-2H3. The topological polar surface area (TPSA) is 59.2 Å². The van der Waals surface area contributed by atoms with Gasteiger partial charge in [-0.3, -0.25) is 4.79 Å². The number of rotatable bonds is 3. The number of hydrogen-bond donors (Lipinski definition) is 1. The summed E-state index contributed by atoms with van der Waals surface area (Å²) in [6.07, 6.45) is 0. The van der Waals surface area contributed by atoms with Gasteiger partial charge >= 0.3 is 5.97 Å². The van der Waals surface area contributed by atoms with Crippen molar-refractivity contribution in [2.75, 3.05) is 6.61 Å². The summed E-state index contributed by atoms with van der Waals surface area (Å²) >= 11 is 5.90. The van der Waals surface area contributed by atoms with Gasteiger partial charge in [0.25, 0.3) is 5.78 Å². The predicted octanol–water partition coefficient (Wildman–Crippen LogP) is 2.88. The van der Waals surface area contributed by atoms with E-state index >= 15 is 0 Å². The summed E-state index contributed by atoms with van der Waals surface area (Å²) in [6.45, 7) is 3.60. The third-order valence-electron chi connectivity index (χ3n) is 2.71. The Labute approximate surface area is 109 Å². The number of hydrogen-bond acceptors (Lipinski definition) is 3. The SMILES string of the molecule is CCOC(=O)C(=O)c1[nH]c2ccc(Cl)cc2c1C. The molecule has 0 saturated carbocycles. The monoisotopic (exact) mass is 265 g/mol. The second kappa shape index (κ2) is 4.82. The molecule has 0 saturated heterocycles. The summed E-state index contributed by atoms with van der Waals surface area (Å²) in [5.41, 5.74) is 1.72. The van der Waals surface area contributed by atoms with Gasteiger partial charge in [0.15, 0.2) is 0 Å². The number of Topliss-reactive ketones (excluding diaryl/α,β-unsaturated/α-hetero) is 1. The lowest BCUT2D eigenvalue weighted by molar-refractivity contribution is -0.137. The van der Waals surface area contributed by atoms with Gasteiger partial charge in [-0.15, -0.1) is 0 Å². The minimum Gasteiger partial charge on any atom is -0.460 e. The zero-order chi connectivity index (χ0) is 13.3. The van der Waals surface area contributed by atoms with Gasteiger partial charge in [-0.25, -0.2) is 4.79 Å². The zero-order valence-electron chi connectivity index (χ0n) is 10.0. The van der Waals surface area contributed by atoms with E-state index in [1.807, 2.05) is 0 Å². The Morgan fingerprint density at radius 2 is 2.11 bits per heavy atom. The smallest absolute Gasteiger partial charge is 0.381 e. The van der Waals surface area contributed by atoms with Crippen LogP contribution in [0, 0.1) is 6.92 Å². The van der Waals surface area contributed by atoms with Crippen LogP contribution in [0.2, 0.25) is 5.02 Å². The number of H-pyrrole nitrogens is 1. The molecular formula is C13H12ClNO3. The number of ether oxygens (including phenoxy) is 1. The minimum absolute atomic E-state index is 0.176. The molecule has 2 aromatic rings. The molecule has 1 aromatic heterocycles. The van der Waals surface area contributed by atoms with E-state index in [0.717, 1.165) is 10.9 Å². The van der Waals surface area contributed by atoms with Crippen molar-refractivity contribution >= 4 is 34.3 Å². The number of carbonyl (C=O) groups is 2. The van der Waals surface area contributed by atoms with Crippen molar-refractivity contribution in [3.05, 3.63) is 34.5 Å². The second-order valence-corrected chi connectivity index (χ2v) is 4.30. The fourth-order valence-corrected chi connectivity index (χ4v) is 2.00. The number of ketones is 1. The number of aromatic amines is 1. The number of aryl methyl sites for hydroxylation is 1. The normalized spacial score (nSPS) is 10.6. The number of fused-ring (bicyclic) bond motifs is 1. The maximum Gasteiger partial charge on any atom is 0.381 e. The molecule has 1 aromatic carbocycles. The largest absolute Gasteiger partial charge is 0.460 e. The molecule has 1 N–H and O–H groups in total. The molecule has 0 fully saturated rings. The fraction of sp³-hybridized carbons (Fsp3) is 0.231. The van der Waals surface area contributed by atoms with Gasteiger partial charge in [0.1, 0.15) is 0 Å². The van der Waals surface area contributed by atoms with E-state index < -0.39 is 11.8 Å². The zero-order valence-corrected chi connectivity index (χ0v) is 10.8. The Bertz CT molecular complexity index is 630. The molecule has 0 aliphatic heterocycles. The number of halogens is 1. The van der Waals surface area contributed by atoms with Crippen molar-refractivity contribution in [2.45, 2.75) is 13.8 Å². The van der Waals surface area contributed by atoms with E-state index in [1.54, 1.807) is 32.0 Å². The van der Waals surface area contributed by atoms with Gasteiger partial charge in [-0.05, 0) is 37.6 Å². The van der Waals surface area contributed by atoms with Crippen molar-refractivity contribution in [1.29, 1.82) is 0 Å². The van der Waals surface area contributed by atoms with E-state index in [0.29, 0.717) is 10.6 Å². The fourth-order valence-electron chi connectivity index (χ4n) is 1.82. The van der Waals surface area contributed by atoms with Gasteiger partial charge in [0.05, 0.1) is 12.3 Å². The first kappa shape index (κ1) is 12.6. The van der Waals surface area contributed by atoms with Gasteiger partial charge in [0, 0.05) is 15.9 Å². The molecule has 0 unspecified atom stereocenters. The van der Waals surface area contributed by atoms with E-state index in [9.17, 15) is 9.59 Å². The summed E-state index contributed by atoms with van der Waals surface area (Å²) < 4.78 is 4.70. The maximum absolute atomic E-state index is 11.9. The second-order valence-electron chi connectivity index (χ2n) is 3.86. The van der Waals surface area contributed by atoms with Gasteiger partial charge in [-0.2, -0.15) is 0 Å². The molecule has 5 heteroatoms. The van der Waals surface area contributed by atoms with Crippen molar-refractivity contribution in [2.24, 2.45) is 0 Å². The van der Waals surface area contributed by atoms with E-state index in [4.69, 9.17) is 16.3 Å². The van der Waals surface area contributed by atoms with Crippen LogP contribution in [0.15, 0.2) is 18.2 Å². The molecule has 0 atom stereocenters. The molecule has 0 amide bonds. The third-order valence-corrected chi connectivity index (χ3v) is 2.94. The van der Waals surface area contributed by atoms with Crippen LogP contribution in [0.3, 0.4) is 0 Å². The first-order chi connectivity index (χ1) is 8.54. The van der Waals surface area contributed by atoms with E-state index in [1.165, 1.54) is 0 Å². The van der Waals surface area contributed by atoms with Crippen LogP contribution >= 0.6 is 11.6 Å². The van der Waals surface area contributed by atoms with Crippen LogP contribution in [-0.4, -0.2) is 23.3 Å². The summed E-state index contributed by atoms with van der Waals surface area (Å²) in [5.74, 6) is -1.51. The Kier molecular flexibility index (Phi) is 3.39. The Morgan fingerprint density at radius 1 is 1.39 bits per heavy atom. The molecule has 1 heterocycles. The Balaban J connectivity index is 2.49. The highest BCUT2D eigenvalue weighted by Crippen LogP contribution is 2.25.